The van der Waals surface area contributed by atoms with Crippen LogP contribution in [0.5, 0.6) is 0 Å². The van der Waals surface area contributed by atoms with Crippen LogP contribution in [-0.2, 0) is 9.59 Å². The Balaban J connectivity index is 2.60. The van der Waals surface area contributed by atoms with Crippen LogP contribution < -0.4 is 10.6 Å². The standard InChI is InChI=1S/C15H18ClFN2O4/c1-8(2)6-11(15(22)23)19-12(20)7-18-14(21)9-4-3-5-10(17)13(9)16/h3-5,8,11H,6-7H2,1-2H3,(H,18,21)(H,19,20)(H,22,23)/t11-/m0/s1. The van der Waals surface area contributed by atoms with Crippen molar-refractivity contribution in [1.82, 2.24) is 10.6 Å². The Morgan fingerprint density at radius 1 is 1.30 bits per heavy atom. The molecule has 0 aromatic heterocycles. The number of carboxylic acids is 1. The number of carboxylic acid groups (broad SMARTS) is 1. The Hall–Kier alpha value is -2.15. The number of aliphatic carboxylic acids is 1. The molecule has 0 fully saturated rings. The fraction of sp³-hybridized carbons (Fsp3) is 0.400. The predicted molar refractivity (Wildman–Crippen MR) is 82.8 cm³/mol. The summed E-state index contributed by atoms with van der Waals surface area (Å²) in [6, 6.07) is 2.71. The molecule has 1 aromatic rings. The van der Waals surface area contributed by atoms with Gasteiger partial charge in [-0.3, -0.25) is 9.59 Å². The third-order valence-electron chi connectivity index (χ3n) is 2.95. The van der Waals surface area contributed by atoms with Gasteiger partial charge in [0.2, 0.25) is 5.91 Å². The van der Waals surface area contributed by atoms with Gasteiger partial charge in [-0.25, -0.2) is 9.18 Å². The first-order valence-electron chi connectivity index (χ1n) is 6.96. The van der Waals surface area contributed by atoms with Gasteiger partial charge in [0.15, 0.2) is 0 Å². The molecule has 0 spiro atoms. The monoisotopic (exact) mass is 344 g/mol. The Labute approximate surface area is 138 Å². The number of hydrogen-bond acceptors (Lipinski definition) is 3. The molecule has 0 aliphatic carbocycles. The normalized spacial score (nSPS) is 11.9. The molecule has 0 heterocycles. The van der Waals surface area contributed by atoms with Crippen molar-refractivity contribution < 1.29 is 23.9 Å². The third kappa shape index (κ3) is 5.86. The van der Waals surface area contributed by atoms with Crippen LogP contribution in [0.3, 0.4) is 0 Å². The van der Waals surface area contributed by atoms with E-state index in [0.717, 1.165) is 6.07 Å². The summed E-state index contributed by atoms with van der Waals surface area (Å²) in [7, 11) is 0. The van der Waals surface area contributed by atoms with Crippen LogP contribution in [0.25, 0.3) is 0 Å². The van der Waals surface area contributed by atoms with Gasteiger partial charge in [0.25, 0.3) is 5.91 Å². The second-order valence-electron chi connectivity index (χ2n) is 5.37. The number of amides is 2. The lowest BCUT2D eigenvalue weighted by Gasteiger charge is -2.16. The van der Waals surface area contributed by atoms with Crippen molar-refractivity contribution in [3.63, 3.8) is 0 Å². The predicted octanol–water partition coefficient (Wildman–Crippen LogP) is 1.82. The van der Waals surface area contributed by atoms with Gasteiger partial charge in [-0.1, -0.05) is 31.5 Å². The highest BCUT2D eigenvalue weighted by Crippen LogP contribution is 2.19. The van der Waals surface area contributed by atoms with Crippen LogP contribution in [0.2, 0.25) is 5.02 Å². The fourth-order valence-electron chi connectivity index (χ4n) is 1.87. The largest absolute Gasteiger partial charge is 0.480 e. The molecule has 0 bridgehead atoms. The summed E-state index contributed by atoms with van der Waals surface area (Å²) in [5, 5.41) is 13.3. The van der Waals surface area contributed by atoms with Crippen molar-refractivity contribution in [2.45, 2.75) is 26.3 Å². The maximum absolute atomic E-state index is 13.3. The number of benzene rings is 1. The highest BCUT2D eigenvalue weighted by molar-refractivity contribution is 6.34. The maximum Gasteiger partial charge on any atom is 0.326 e. The van der Waals surface area contributed by atoms with Crippen LogP contribution in [0.4, 0.5) is 4.39 Å². The molecular formula is C15H18ClFN2O4. The lowest BCUT2D eigenvalue weighted by Crippen LogP contribution is -2.46. The van der Waals surface area contributed by atoms with Crippen LogP contribution in [0, 0.1) is 11.7 Å². The van der Waals surface area contributed by atoms with E-state index < -0.39 is 36.2 Å². The van der Waals surface area contributed by atoms with Gasteiger partial charge in [-0.15, -0.1) is 0 Å². The minimum atomic E-state index is -1.15. The minimum absolute atomic E-state index is 0.0806. The first-order chi connectivity index (χ1) is 10.7. The minimum Gasteiger partial charge on any atom is -0.480 e. The summed E-state index contributed by atoms with van der Waals surface area (Å²) in [4.78, 5) is 34.6. The lowest BCUT2D eigenvalue weighted by molar-refractivity contribution is -0.142. The summed E-state index contributed by atoms with van der Waals surface area (Å²) in [6.45, 7) is 3.22. The highest BCUT2D eigenvalue weighted by atomic mass is 35.5. The van der Waals surface area contributed by atoms with E-state index in [1.54, 1.807) is 0 Å². The van der Waals surface area contributed by atoms with Crippen molar-refractivity contribution in [3.8, 4) is 0 Å². The summed E-state index contributed by atoms with van der Waals surface area (Å²) in [6.07, 6.45) is 0.269. The Kier molecular flexibility index (Phi) is 6.96. The third-order valence-corrected chi connectivity index (χ3v) is 3.33. The number of carbonyl (C=O) groups is 3. The summed E-state index contributed by atoms with van der Waals surface area (Å²) < 4.78 is 13.3. The van der Waals surface area contributed by atoms with Gasteiger partial charge < -0.3 is 15.7 Å². The molecule has 8 heteroatoms. The Morgan fingerprint density at radius 3 is 2.52 bits per heavy atom. The molecule has 3 N–H and O–H groups in total. The van der Waals surface area contributed by atoms with Gasteiger partial charge in [0.05, 0.1) is 17.1 Å². The molecule has 0 aliphatic rings. The maximum atomic E-state index is 13.3. The molecule has 6 nitrogen and oxygen atoms in total. The van der Waals surface area contributed by atoms with E-state index in [2.05, 4.69) is 10.6 Å². The van der Waals surface area contributed by atoms with Crippen molar-refractivity contribution in [2.75, 3.05) is 6.54 Å². The van der Waals surface area contributed by atoms with Crippen molar-refractivity contribution in [2.24, 2.45) is 5.92 Å². The first kappa shape index (κ1) is 18.9. The molecule has 23 heavy (non-hydrogen) atoms. The smallest absolute Gasteiger partial charge is 0.326 e. The van der Waals surface area contributed by atoms with E-state index in [1.807, 2.05) is 13.8 Å². The molecule has 0 unspecified atom stereocenters. The van der Waals surface area contributed by atoms with Crippen molar-refractivity contribution in [1.29, 1.82) is 0 Å². The topological polar surface area (TPSA) is 95.5 Å². The van der Waals surface area contributed by atoms with E-state index in [4.69, 9.17) is 16.7 Å². The average Bonchev–Trinajstić information content (AvgIpc) is 2.46. The average molecular weight is 345 g/mol. The number of rotatable bonds is 7. The van der Waals surface area contributed by atoms with E-state index in [1.165, 1.54) is 12.1 Å². The number of nitrogens with one attached hydrogen (secondary N) is 2. The Bertz CT molecular complexity index is 607. The number of halogens is 2. The quantitative estimate of drug-likeness (QED) is 0.703. The van der Waals surface area contributed by atoms with Crippen molar-refractivity contribution in [3.05, 3.63) is 34.6 Å². The molecule has 0 aliphatic heterocycles. The van der Waals surface area contributed by atoms with E-state index in [9.17, 15) is 18.8 Å². The van der Waals surface area contributed by atoms with Gasteiger partial charge in [0, 0.05) is 0 Å². The summed E-state index contributed by atoms with van der Waals surface area (Å²) in [5.74, 6) is -3.19. The van der Waals surface area contributed by atoms with Crippen LogP contribution in [0.1, 0.15) is 30.6 Å². The molecule has 126 valence electrons. The molecule has 2 amide bonds. The Morgan fingerprint density at radius 2 is 1.96 bits per heavy atom. The van der Waals surface area contributed by atoms with Crippen LogP contribution in [0.15, 0.2) is 18.2 Å². The van der Waals surface area contributed by atoms with E-state index >= 15 is 0 Å². The van der Waals surface area contributed by atoms with Crippen LogP contribution >= 0.6 is 11.6 Å². The number of hydrogen-bond donors (Lipinski definition) is 3. The van der Waals surface area contributed by atoms with Crippen molar-refractivity contribution >= 4 is 29.4 Å². The molecule has 1 atom stereocenters. The summed E-state index contributed by atoms with van der Waals surface area (Å²) in [5.41, 5.74) is -0.101. The first-order valence-corrected chi connectivity index (χ1v) is 7.34. The zero-order valence-electron chi connectivity index (χ0n) is 12.7. The zero-order chi connectivity index (χ0) is 17.6. The second-order valence-corrected chi connectivity index (χ2v) is 5.75. The van der Waals surface area contributed by atoms with Gasteiger partial charge in [-0.05, 0) is 24.5 Å². The van der Waals surface area contributed by atoms with Gasteiger partial charge >= 0.3 is 5.97 Å². The molecule has 1 aromatic carbocycles. The molecular weight excluding hydrogens is 327 g/mol. The SMILES string of the molecule is CC(C)C[C@H](NC(=O)CNC(=O)c1cccc(F)c1Cl)C(=O)O. The van der Waals surface area contributed by atoms with Crippen LogP contribution in [-0.4, -0.2) is 35.5 Å². The van der Waals surface area contributed by atoms with Gasteiger partial charge in [0.1, 0.15) is 11.9 Å². The fourth-order valence-corrected chi connectivity index (χ4v) is 2.08. The lowest BCUT2D eigenvalue weighted by atomic mass is 10.0. The second kappa shape index (κ2) is 8.47. The zero-order valence-corrected chi connectivity index (χ0v) is 13.5. The molecule has 0 saturated carbocycles. The number of carbonyl (C=O) groups excluding carboxylic acids is 2. The van der Waals surface area contributed by atoms with E-state index in [0.29, 0.717) is 0 Å². The van der Waals surface area contributed by atoms with Gasteiger partial charge in [-0.2, -0.15) is 0 Å². The molecule has 1 rings (SSSR count). The van der Waals surface area contributed by atoms with E-state index in [-0.39, 0.29) is 22.9 Å². The molecule has 0 radical (unpaired) electrons. The summed E-state index contributed by atoms with van der Waals surface area (Å²) >= 11 is 5.67. The molecule has 0 saturated heterocycles. The highest BCUT2D eigenvalue weighted by Gasteiger charge is 2.21.